The second-order valence-corrected chi connectivity index (χ2v) is 7.07. The van der Waals surface area contributed by atoms with Crippen molar-refractivity contribution in [1.82, 2.24) is 0 Å². The second-order valence-electron chi connectivity index (χ2n) is 6.05. The zero-order valence-corrected chi connectivity index (χ0v) is 15.0. The maximum absolute atomic E-state index is 10.8. The van der Waals surface area contributed by atoms with E-state index in [1.807, 2.05) is 12.1 Å². The molecule has 5 heteroatoms. The van der Waals surface area contributed by atoms with E-state index in [-0.39, 0.29) is 5.75 Å². The van der Waals surface area contributed by atoms with Crippen LogP contribution in [0.3, 0.4) is 0 Å². The zero-order chi connectivity index (χ0) is 17.0. The van der Waals surface area contributed by atoms with E-state index < -0.39 is 10.4 Å². The first kappa shape index (κ1) is 20.0. The number of aryl methyl sites for hydroxylation is 1. The Morgan fingerprint density at radius 3 is 1.96 bits per heavy atom. The molecule has 23 heavy (non-hydrogen) atoms. The van der Waals surface area contributed by atoms with Crippen LogP contribution in [0.5, 0.6) is 5.75 Å². The molecule has 0 spiro atoms. The van der Waals surface area contributed by atoms with Crippen molar-refractivity contribution < 1.29 is 17.2 Å². The lowest BCUT2D eigenvalue weighted by molar-refractivity contribution is 0.385. The molecule has 4 nitrogen and oxygen atoms in total. The molecule has 1 rings (SSSR count). The van der Waals surface area contributed by atoms with Gasteiger partial charge in [-0.05, 0) is 24.5 Å². The molecule has 1 aromatic rings. The average molecular weight is 343 g/mol. The van der Waals surface area contributed by atoms with Gasteiger partial charge in [-0.25, -0.2) is 0 Å². The Morgan fingerprint density at radius 1 is 0.870 bits per heavy atom. The molecule has 0 aromatic heterocycles. The van der Waals surface area contributed by atoms with E-state index in [1.54, 1.807) is 12.1 Å². The summed E-state index contributed by atoms with van der Waals surface area (Å²) < 4.78 is 35.1. The van der Waals surface area contributed by atoms with E-state index in [9.17, 15) is 8.42 Å². The first-order chi connectivity index (χ1) is 11.0. The monoisotopic (exact) mass is 342 g/mol. The summed E-state index contributed by atoms with van der Waals surface area (Å²) in [5.41, 5.74) is 0.824. The van der Waals surface area contributed by atoms with Crippen LogP contribution in [0.25, 0.3) is 0 Å². The van der Waals surface area contributed by atoms with E-state index in [0.717, 1.165) is 24.8 Å². The summed E-state index contributed by atoms with van der Waals surface area (Å²) in [6.45, 7) is 2.24. The Kier molecular flexibility index (Phi) is 9.96. The van der Waals surface area contributed by atoms with Gasteiger partial charge in [-0.1, -0.05) is 82.9 Å². The van der Waals surface area contributed by atoms with Gasteiger partial charge in [0.05, 0.1) is 0 Å². The Hall–Kier alpha value is -1.07. The smallest absolute Gasteiger partial charge is 0.362 e. The van der Waals surface area contributed by atoms with Crippen LogP contribution >= 0.6 is 0 Å². The molecule has 0 fully saturated rings. The van der Waals surface area contributed by atoms with E-state index >= 15 is 0 Å². The van der Waals surface area contributed by atoms with Crippen LogP contribution in [0.1, 0.15) is 76.7 Å². The van der Waals surface area contributed by atoms with Crippen LogP contribution in [-0.2, 0) is 16.8 Å². The summed E-state index contributed by atoms with van der Waals surface area (Å²) in [6.07, 6.45) is 13.4. The van der Waals surface area contributed by atoms with Gasteiger partial charge < -0.3 is 4.18 Å². The zero-order valence-electron chi connectivity index (χ0n) is 14.2. The highest BCUT2D eigenvalue weighted by atomic mass is 32.3. The van der Waals surface area contributed by atoms with Gasteiger partial charge in [-0.15, -0.1) is 0 Å². The first-order valence-corrected chi connectivity index (χ1v) is 10.1. The topological polar surface area (TPSA) is 63.6 Å². The molecule has 0 saturated heterocycles. The Balaban J connectivity index is 2.16. The summed E-state index contributed by atoms with van der Waals surface area (Å²) in [6, 6.07) is 6.96. The van der Waals surface area contributed by atoms with Crippen molar-refractivity contribution in [2.24, 2.45) is 0 Å². The van der Waals surface area contributed by atoms with Gasteiger partial charge in [-0.3, -0.25) is 4.55 Å². The third-order valence-electron chi connectivity index (χ3n) is 3.97. The number of benzene rings is 1. The summed E-state index contributed by atoms with van der Waals surface area (Å²) in [7, 11) is -4.45. The molecule has 1 aromatic carbocycles. The highest BCUT2D eigenvalue weighted by Gasteiger charge is 2.10. The second kappa shape index (κ2) is 11.5. The number of para-hydroxylation sites is 1. The average Bonchev–Trinajstić information content (AvgIpc) is 2.49. The summed E-state index contributed by atoms with van der Waals surface area (Å²) in [5.74, 6) is 0.228. The molecular weight excluding hydrogens is 312 g/mol. The molecule has 0 unspecified atom stereocenters. The minimum atomic E-state index is -4.45. The number of hydrogen-bond donors (Lipinski definition) is 1. The molecule has 0 radical (unpaired) electrons. The van der Waals surface area contributed by atoms with Crippen LogP contribution in [0.4, 0.5) is 0 Å². The van der Waals surface area contributed by atoms with Gasteiger partial charge in [-0.2, -0.15) is 8.42 Å². The molecule has 1 N–H and O–H groups in total. The van der Waals surface area contributed by atoms with Gasteiger partial charge >= 0.3 is 10.4 Å². The molecule has 0 aliphatic heterocycles. The van der Waals surface area contributed by atoms with Gasteiger partial charge in [0.1, 0.15) is 5.75 Å². The molecule has 0 aliphatic carbocycles. The maximum Gasteiger partial charge on any atom is 0.446 e. The van der Waals surface area contributed by atoms with Crippen molar-refractivity contribution in [1.29, 1.82) is 0 Å². The highest BCUT2D eigenvalue weighted by Crippen LogP contribution is 2.22. The molecule has 0 heterocycles. The largest absolute Gasteiger partial charge is 0.446 e. The van der Waals surface area contributed by atoms with Crippen LogP contribution in [0.2, 0.25) is 0 Å². The Bertz CT molecular complexity index is 526. The minimum absolute atomic E-state index is 0.228. The fraction of sp³-hybridized carbons (Fsp3) is 0.667. The third-order valence-corrected chi connectivity index (χ3v) is 4.36. The quantitative estimate of drug-likeness (QED) is 0.388. The van der Waals surface area contributed by atoms with E-state index in [0.29, 0.717) is 0 Å². The van der Waals surface area contributed by atoms with Crippen molar-refractivity contribution in [2.75, 3.05) is 0 Å². The molecule has 0 saturated carbocycles. The minimum Gasteiger partial charge on any atom is -0.362 e. The molecule has 0 amide bonds. The molecule has 132 valence electrons. The molecule has 0 aliphatic rings. The van der Waals surface area contributed by atoms with Crippen molar-refractivity contribution >= 4 is 10.4 Å². The van der Waals surface area contributed by atoms with Crippen LogP contribution in [0.15, 0.2) is 24.3 Å². The lowest BCUT2D eigenvalue weighted by Gasteiger charge is -2.08. The SMILES string of the molecule is CCCCCCCCCCCCc1ccccc1OS(=O)(=O)O. The number of hydrogen-bond acceptors (Lipinski definition) is 3. The fourth-order valence-corrected chi connectivity index (χ4v) is 3.10. The summed E-state index contributed by atoms with van der Waals surface area (Å²) >= 11 is 0. The summed E-state index contributed by atoms with van der Waals surface area (Å²) in [4.78, 5) is 0. The predicted molar refractivity (Wildman–Crippen MR) is 94.2 cm³/mol. The highest BCUT2D eigenvalue weighted by molar-refractivity contribution is 7.81. The molecule has 0 atom stereocenters. The fourth-order valence-electron chi connectivity index (χ4n) is 2.71. The Morgan fingerprint density at radius 2 is 1.39 bits per heavy atom. The first-order valence-electron chi connectivity index (χ1n) is 8.77. The summed E-state index contributed by atoms with van der Waals surface area (Å²) in [5, 5.41) is 0. The van der Waals surface area contributed by atoms with Crippen LogP contribution < -0.4 is 4.18 Å². The lowest BCUT2D eigenvalue weighted by atomic mass is 10.0. The molecular formula is C18H30O4S. The van der Waals surface area contributed by atoms with Crippen molar-refractivity contribution in [3.05, 3.63) is 29.8 Å². The van der Waals surface area contributed by atoms with E-state index in [1.165, 1.54) is 51.4 Å². The third kappa shape index (κ3) is 10.3. The van der Waals surface area contributed by atoms with Gasteiger partial charge in [0.15, 0.2) is 0 Å². The van der Waals surface area contributed by atoms with Crippen molar-refractivity contribution in [2.45, 2.75) is 77.6 Å². The van der Waals surface area contributed by atoms with Crippen LogP contribution in [-0.4, -0.2) is 13.0 Å². The van der Waals surface area contributed by atoms with E-state index in [4.69, 9.17) is 4.55 Å². The van der Waals surface area contributed by atoms with Gasteiger partial charge in [0, 0.05) is 0 Å². The molecule has 0 bridgehead atoms. The maximum atomic E-state index is 10.8. The van der Waals surface area contributed by atoms with Gasteiger partial charge in [0.25, 0.3) is 0 Å². The normalized spacial score (nSPS) is 11.6. The lowest BCUT2D eigenvalue weighted by Crippen LogP contribution is -2.08. The van der Waals surface area contributed by atoms with Crippen LogP contribution in [0, 0.1) is 0 Å². The predicted octanol–water partition coefficient (Wildman–Crippen LogP) is 5.33. The number of unbranched alkanes of at least 4 members (excludes halogenated alkanes) is 9. The Labute approximate surface area is 141 Å². The van der Waals surface area contributed by atoms with Crippen molar-refractivity contribution in [3.63, 3.8) is 0 Å². The number of rotatable bonds is 13. The standard InChI is InChI=1S/C18H30O4S/c1-2-3-4-5-6-7-8-9-10-11-14-17-15-12-13-16-18(17)22-23(19,20)21/h12-13,15-16H,2-11,14H2,1H3,(H,19,20,21). The van der Waals surface area contributed by atoms with Gasteiger partial charge in [0.2, 0.25) is 0 Å². The van der Waals surface area contributed by atoms with Crippen molar-refractivity contribution in [3.8, 4) is 5.75 Å². The van der Waals surface area contributed by atoms with E-state index in [2.05, 4.69) is 11.1 Å².